The van der Waals surface area contributed by atoms with Gasteiger partial charge < -0.3 is 0 Å². The fourth-order valence-corrected chi connectivity index (χ4v) is 10.4. The minimum atomic E-state index is -4.87. The molecule has 8 aromatic carbocycles. The smallest absolute Gasteiger partial charge is 0.0920 e. The van der Waals surface area contributed by atoms with E-state index in [0.717, 1.165) is 92.5 Å². The molecule has 2 radical (unpaired) electrons. The van der Waals surface area contributed by atoms with E-state index in [2.05, 4.69) is 42.5 Å². The maximum atomic E-state index is 13.4. The van der Waals surface area contributed by atoms with E-state index in [9.17, 15) is 52.7 Å². The third-order valence-corrected chi connectivity index (χ3v) is 13.7. The van der Waals surface area contributed by atoms with Gasteiger partial charge in [-0.05, 0) is 72.2 Å². The van der Waals surface area contributed by atoms with Crippen molar-refractivity contribution in [3.05, 3.63) is 178 Å². The molecule has 0 atom stereocenters. The van der Waals surface area contributed by atoms with Gasteiger partial charge in [-0.15, -0.1) is 74.6 Å². The van der Waals surface area contributed by atoms with Crippen molar-refractivity contribution in [2.45, 2.75) is 104 Å². The second-order valence-electron chi connectivity index (χ2n) is 18.4. The Kier molecular flexibility index (Phi) is 19.1. The third kappa shape index (κ3) is 14.0. The quantitative estimate of drug-likeness (QED) is 0.0808. The van der Waals surface area contributed by atoms with Gasteiger partial charge in [0.1, 0.15) is 0 Å². The molecular weight excluding hydrogens is 1110 g/mol. The van der Waals surface area contributed by atoms with Crippen LogP contribution in [0, 0.1) is 6.07 Å². The standard InChI is InChI=1S/2C23H21F6.C12H7Si.2ClH.Zr/c2*1-4-5-14-8-15-6-7-19(13(2)3)21(20(15)9-14)16-10-17(22(24,25)26)12-18(11-16)23(27,28)29;1-3-7-11-9(5-1)10-6-2-4-8-12(10)13-11;;;/h2*6-13H,4-5H2,1-3H3;1-7H;2*1H;/q3*-1;;;+2/p-2. The number of rotatable bonds is 8. The molecule has 16 heteroatoms. The Morgan fingerprint density at radius 2 is 0.892 bits per heavy atom. The van der Waals surface area contributed by atoms with Crippen molar-refractivity contribution in [1.29, 1.82) is 0 Å². The first-order valence-electron chi connectivity index (χ1n) is 23.6. The maximum Gasteiger partial charge on any atom is 0.0920 e. The summed E-state index contributed by atoms with van der Waals surface area (Å²) in [5, 5.41) is 5.83. The molecule has 0 nitrogen and oxygen atoms in total. The van der Waals surface area contributed by atoms with Gasteiger partial charge in [-0.2, -0.15) is 94.3 Å². The Morgan fingerprint density at radius 1 is 0.514 bits per heavy atom. The molecule has 0 N–H and O–H groups in total. The Morgan fingerprint density at radius 3 is 1.26 bits per heavy atom. The molecular formula is C58H49Cl2F12SiZr-3. The van der Waals surface area contributed by atoms with Crippen LogP contribution in [0.15, 0.2) is 127 Å². The van der Waals surface area contributed by atoms with Crippen molar-refractivity contribution in [2.75, 3.05) is 0 Å². The van der Waals surface area contributed by atoms with E-state index in [0.29, 0.717) is 21.9 Å². The number of halogens is 14. The van der Waals surface area contributed by atoms with Crippen molar-refractivity contribution in [3.8, 4) is 33.4 Å². The molecule has 0 spiro atoms. The van der Waals surface area contributed by atoms with E-state index in [1.165, 1.54) is 21.5 Å². The van der Waals surface area contributed by atoms with Crippen molar-refractivity contribution >= 4 is 58.5 Å². The Bertz CT molecular complexity index is 2920. The molecule has 0 saturated heterocycles. The van der Waals surface area contributed by atoms with Gasteiger partial charge in [0.25, 0.3) is 0 Å². The van der Waals surface area contributed by atoms with E-state index in [1.54, 1.807) is 12.1 Å². The summed E-state index contributed by atoms with van der Waals surface area (Å²) in [5.74, 6) is -0.134. The van der Waals surface area contributed by atoms with E-state index < -0.39 is 67.8 Å². The Hall–Kier alpha value is -4.62. The van der Waals surface area contributed by atoms with E-state index in [4.69, 9.17) is 17.0 Å². The van der Waals surface area contributed by atoms with Gasteiger partial charge in [0.15, 0.2) is 0 Å². The van der Waals surface area contributed by atoms with Crippen LogP contribution in [0.4, 0.5) is 52.7 Å². The van der Waals surface area contributed by atoms with E-state index in [1.807, 2.05) is 84.0 Å². The predicted octanol–water partition coefficient (Wildman–Crippen LogP) is 19.2. The second kappa shape index (κ2) is 24.2. The van der Waals surface area contributed by atoms with Crippen LogP contribution in [-0.2, 0) is 58.4 Å². The minimum Gasteiger partial charge on any atom is -0.184 e. The van der Waals surface area contributed by atoms with Gasteiger partial charge in [0.2, 0.25) is 0 Å². The molecule has 9 rings (SSSR count). The van der Waals surface area contributed by atoms with Crippen LogP contribution in [0.25, 0.3) is 54.9 Å². The van der Waals surface area contributed by atoms with Crippen LogP contribution < -0.4 is 10.4 Å². The SMILES string of the molecule is CCCc1cc2c(-c3cc(C(F)(F)F)cc(C(F)(F)F)c3)c(C(C)C)ccc2[cH-]1.CCCc1cc2c(-c3cc(C(F)(F)F)cc(C(F)(F)F)c3)c(C(C)C)ccc2[cH-]1.[Cl][Zr][Cl].[c-]1cccc2c1[Si]c1ccccc1-2. The van der Waals surface area contributed by atoms with E-state index >= 15 is 0 Å². The number of fused-ring (bicyclic) bond motifs is 5. The molecule has 1 aliphatic heterocycles. The van der Waals surface area contributed by atoms with Crippen LogP contribution in [0.2, 0.25) is 0 Å². The average Bonchev–Trinajstić information content (AvgIpc) is 4.05. The molecule has 0 aliphatic carbocycles. The van der Waals surface area contributed by atoms with Gasteiger partial charge in [-0.25, -0.2) is 0 Å². The molecule has 0 unspecified atom stereocenters. The largest absolute Gasteiger partial charge is 0.184 e. The van der Waals surface area contributed by atoms with Gasteiger partial charge in [0, 0.05) is 0 Å². The molecule has 1 heterocycles. The summed E-state index contributed by atoms with van der Waals surface area (Å²) in [4.78, 5) is 0. The normalized spacial score (nSPS) is 12.5. The van der Waals surface area contributed by atoms with Crippen LogP contribution in [-0.4, -0.2) is 9.52 Å². The molecule has 0 fully saturated rings. The fraction of sp³-hybridized carbons (Fsp3) is 0.276. The average molecular weight is 1160 g/mol. The predicted molar refractivity (Wildman–Crippen MR) is 274 cm³/mol. The summed E-state index contributed by atoms with van der Waals surface area (Å²) in [6, 6.07) is 36.8. The number of hydrogen-bond acceptors (Lipinski definition) is 0. The Balaban J connectivity index is 0.000000186. The van der Waals surface area contributed by atoms with Crippen molar-refractivity contribution in [2.24, 2.45) is 0 Å². The second-order valence-corrected chi connectivity index (χ2v) is 23.4. The zero-order chi connectivity index (χ0) is 54.5. The summed E-state index contributed by atoms with van der Waals surface area (Å²) in [6.45, 7) is 11.5. The number of benzene rings is 6. The number of alkyl halides is 12. The monoisotopic (exact) mass is 1160 g/mol. The molecule has 0 amide bonds. The summed E-state index contributed by atoms with van der Waals surface area (Å²) in [5.41, 5.74) is 1.83. The van der Waals surface area contributed by atoms with Gasteiger partial charge in [-0.1, -0.05) is 112 Å². The first-order chi connectivity index (χ1) is 34.7. The van der Waals surface area contributed by atoms with Crippen molar-refractivity contribution < 1.29 is 73.5 Å². The van der Waals surface area contributed by atoms with Crippen LogP contribution in [0.5, 0.6) is 0 Å². The molecule has 0 saturated carbocycles. The fourth-order valence-electron chi connectivity index (χ4n) is 9.12. The van der Waals surface area contributed by atoms with Crippen LogP contribution in [0.3, 0.4) is 0 Å². The number of hydrogen-bond donors (Lipinski definition) is 0. The molecule has 0 bridgehead atoms. The zero-order valence-electron chi connectivity index (χ0n) is 40.9. The first kappa shape index (κ1) is 58.6. The van der Waals surface area contributed by atoms with Crippen LogP contribution in [0.1, 0.15) is 111 Å². The van der Waals surface area contributed by atoms with E-state index in [-0.39, 0.29) is 35.1 Å². The van der Waals surface area contributed by atoms with Crippen molar-refractivity contribution in [3.63, 3.8) is 0 Å². The summed E-state index contributed by atoms with van der Waals surface area (Å²) < 4.78 is 160. The van der Waals surface area contributed by atoms with Crippen molar-refractivity contribution in [1.82, 2.24) is 0 Å². The molecule has 390 valence electrons. The van der Waals surface area contributed by atoms with Gasteiger partial charge in [0.05, 0.1) is 31.8 Å². The molecule has 0 aromatic heterocycles. The van der Waals surface area contributed by atoms with Gasteiger partial charge in [-0.3, -0.25) is 0 Å². The molecule has 74 heavy (non-hydrogen) atoms. The minimum absolute atomic E-state index is 0.0601. The Labute approximate surface area is 444 Å². The first-order valence-corrected chi connectivity index (χ1v) is 30.9. The summed E-state index contributed by atoms with van der Waals surface area (Å²) in [6.07, 6.45) is -16.1. The maximum absolute atomic E-state index is 13.4. The van der Waals surface area contributed by atoms with Gasteiger partial charge >= 0.3 is 62.6 Å². The summed E-state index contributed by atoms with van der Waals surface area (Å²) in [7, 11) is 10.7. The molecule has 1 aliphatic rings. The summed E-state index contributed by atoms with van der Waals surface area (Å²) >= 11 is -0.826. The third-order valence-electron chi connectivity index (χ3n) is 12.4. The topological polar surface area (TPSA) is 0 Å². The molecule has 8 aromatic rings. The van der Waals surface area contributed by atoms with Crippen LogP contribution >= 0.6 is 17.0 Å². The number of aryl methyl sites for hydroxylation is 2. The zero-order valence-corrected chi connectivity index (χ0v) is 45.9.